The van der Waals surface area contributed by atoms with Gasteiger partial charge in [0, 0.05) is 31.7 Å². The molecule has 5 heteroatoms. The van der Waals surface area contributed by atoms with Gasteiger partial charge in [0.05, 0.1) is 10.3 Å². The molecule has 3 rings (SSSR count). The van der Waals surface area contributed by atoms with Gasteiger partial charge < -0.3 is 9.80 Å². The largest absolute Gasteiger partial charge is 0.304 e. The molecule has 23 heavy (non-hydrogen) atoms. The SMILES string of the molecule is CN1CCN(CCCc2ccc3ccccc3c2[N+](=O)[O-])CC1. The lowest BCUT2D eigenvalue weighted by molar-refractivity contribution is -0.383. The molecule has 5 nitrogen and oxygen atoms in total. The van der Waals surface area contributed by atoms with Gasteiger partial charge in [-0.15, -0.1) is 0 Å². The number of piperazine rings is 1. The first-order valence-electron chi connectivity index (χ1n) is 8.21. The molecule has 2 aromatic carbocycles. The maximum Gasteiger partial charge on any atom is 0.280 e. The summed E-state index contributed by atoms with van der Waals surface area (Å²) in [5, 5.41) is 13.2. The molecule has 2 aromatic rings. The van der Waals surface area contributed by atoms with Gasteiger partial charge in [-0.2, -0.15) is 0 Å². The van der Waals surface area contributed by atoms with E-state index >= 15 is 0 Å². The van der Waals surface area contributed by atoms with Crippen LogP contribution in [0.1, 0.15) is 12.0 Å². The molecule has 0 spiro atoms. The Morgan fingerprint density at radius 1 is 1.09 bits per heavy atom. The molecule has 0 unspecified atom stereocenters. The van der Waals surface area contributed by atoms with Crippen molar-refractivity contribution in [2.24, 2.45) is 0 Å². The van der Waals surface area contributed by atoms with Crippen LogP contribution in [0.15, 0.2) is 36.4 Å². The first-order chi connectivity index (χ1) is 11.1. The van der Waals surface area contributed by atoms with E-state index < -0.39 is 0 Å². The third-order valence-corrected chi connectivity index (χ3v) is 4.68. The van der Waals surface area contributed by atoms with E-state index in [4.69, 9.17) is 0 Å². The second-order valence-electron chi connectivity index (χ2n) is 6.30. The van der Waals surface area contributed by atoms with Crippen molar-refractivity contribution in [3.63, 3.8) is 0 Å². The molecule has 0 saturated carbocycles. The molecule has 0 aromatic heterocycles. The Labute approximate surface area is 136 Å². The third kappa shape index (κ3) is 3.68. The first-order valence-corrected chi connectivity index (χ1v) is 8.21. The van der Waals surface area contributed by atoms with Crippen molar-refractivity contribution in [3.8, 4) is 0 Å². The van der Waals surface area contributed by atoms with Crippen LogP contribution in [0.3, 0.4) is 0 Å². The average molecular weight is 313 g/mol. The molecule has 122 valence electrons. The predicted octanol–water partition coefficient (Wildman–Crippen LogP) is 2.93. The number of aryl methyl sites for hydroxylation is 1. The van der Waals surface area contributed by atoms with E-state index in [1.54, 1.807) is 0 Å². The number of hydrogen-bond donors (Lipinski definition) is 0. The molecule has 1 heterocycles. The first kappa shape index (κ1) is 15.9. The Balaban J connectivity index is 1.70. The van der Waals surface area contributed by atoms with Crippen molar-refractivity contribution in [2.45, 2.75) is 12.8 Å². The fraction of sp³-hybridized carbons (Fsp3) is 0.444. The van der Waals surface area contributed by atoms with E-state index in [0.29, 0.717) is 0 Å². The van der Waals surface area contributed by atoms with Crippen LogP contribution in [0.5, 0.6) is 0 Å². The second-order valence-corrected chi connectivity index (χ2v) is 6.30. The minimum absolute atomic E-state index is 0.229. The van der Waals surface area contributed by atoms with Gasteiger partial charge in [-0.3, -0.25) is 10.1 Å². The van der Waals surface area contributed by atoms with E-state index in [1.807, 2.05) is 36.4 Å². The second kappa shape index (κ2) is 7.06. The van der Waals surface area contributed by atoms with E-state index in [-0.39, 0.29) is 10.6 Å². The number of fused-ring (bicyclic) bond motifs is 1. The van der Waals surface area contributed by atoms with Gasteiger partial charge in [-0.05, 0) is 37.9 Å². The lowest BCUT2D eigenvalue weighted by Gasteiger charge is -2.32. The van der Waals surface area contributed by atoms with Gasteiger partial charge in [-0.1, -0.05) is 30.3 Å². The Kier molecular flexibility index (Phi) is 4.88. The van der Waals surface area contributed by atoms with Crippen LogP contribution in [-0.4, -0.2) is 54.5 Å². The van der Waals surface area contributed by atoms with Crippen LogP contribution in [0.25, 0.3) is 10.8 Å². The Hall–Kier alpha value is -1.98. The number of nitrogens with zero attached hydrogens (tertiary/aromatic N) is 3. The van der Waals surface area contributed by atoms with E-state index in [9.17, 15) is 10.1 Å². The zero-order chi connectivity index (χ0) is 16.2. The van der Waals surface area contributed by atoms with Crippen LogP contribution in [0, 0.1) is 10.1 Å². The molecule has 1 saturated heterocycles. The van der Waals surface area contributed by atoms with Crippen molar-refractivity contribution < 1.29 is 4.92 Å². The Bertz CT molecular complexity index is 694. The predicted molar refractivity (Wildman–Crippen MR) is 92.9 cm³/mol. The van der Waals surface area contributed by atoms with Crippen LogP contribution >= 0.6 is 0 Å². The van der Waals surface area contributed by atoms with Crippen molar-refractivity contribution in [1.82, 2.24) is 9.80 Å². The molecule has 1 fully saturated rings. The molecular formula is C18H23N3O2. The smallest absolute Gasteiger partial charge is 0.280 e. The average Bonchev–Trinajstić information content (AvgIpc) is 2.56. The molecule has 0 radical (unpaired) electrons. The van der Waals surface area contributed by atoms with Crippen LogP contribution in [0.2, 0.25) is 0 Å². The normalized spacial score (nSPS) is 16.7. The molecule has 1 aliphatic rings. The highest BCUT2D eigenvalue weighted by Crippen LogP contribution is 2.30. The van der Waals surface area contributed by atoms with Gasteiger partial charge in [0.25, 0.3) is 5.69 Å². The topological polar surface area (TPSA) is 49.6 Å². The van der Waals surface area contributed by atoms with Crippen molar-refractivity contribution in [2.75, 3.05) is 39.8 Å². The number of likely N-dealkylation sites (N-methyl/N-ethyl adjacent to an activating group) is 1. The number of nitro benzene ring substituents is 1. The number of benzene rings is 2. The molecule has 0 aliphatic carbocycles. The summed E-state index contributed by atoms with van der Waals surface area (Å²) in [6.45, 7) is 5.41. The summed E-state index contributed by atoms with van der Waals surface area (Å²) in [6.07, 6.45) is 1.72. The van der Waals surface area contributed by atoms with Crippen molar-refractivity contribution in [1.29, 1.82) is 0 Å². The summed E-state index contributed by atoms with van der Waals surface area (Å²) in [4.78, 5) is 16.1. The highest BCUT2D eigenvalue weighted by atomic mass is 16.6. The van der Waals surface area contributed by atoms with Crippen LogP contribution in [-0.2, 0) is 6.42 Å². The fourth-order valence-corrected chi connectivity index (χ4v) is 3.28. The van der Waals surface area contributed by atoms with Gasteiger partial charge in [0.1, 0.15) is 0 Å². The highest BCUT2D eigenvalue weighted by Gasteiger charge is 2.18. The maximum atomic E-state index is 11.5. The van der Waals surface area contributed by atoms with Crippen molar-refractivity contribution >= 4 is 16.5 Å². The standard InChI is InChI=1S/C18H23N3O2/c1-19-11-13-20(14-12-19)10-4-6-16-9-8-15-5-2-3-7-17(15)18(16)21(22)23/h2-3,5,7-9H,4,6,10-14H2,1H3. The quantitative estimate of drug-likeness (QED) is 0.629. The van der Waals surface area contributed by atoms with Crippen LogP contribution in [0.4, 0.5) is 5.69 Å². The van der Waals surface area contributed by atoms with Gasteiger partial charge >= 0.3 is 0 Å². The molecule has 0 N–H and O–H groups in total. The summed E-state index contributed by atoms with van der Waals surface area (Å²) < 4.78 is 0. The number of rotatable bonds is 5. The maximum absolute atomic E-state index is 11.5. The molecular weight excluding hydrogens is 290 g/mol. The lowest BCUT2D eigenvalue weighted by atomic mass is 10.0. The summed E-state index contributed by atoms with van der Waals surface area (Å²) >= 11 is 0. The molecule has 0 atom stereocenters. The minimum Gasteiger partial charge on any atom is -0.304 e. The van der Waals surface area contributed by atoms with Gasteiger partial charge in [0.2, 0.25) is 0 Å². The minimum atomic E-state index is -0.229. The zero-order valence-corrected chi connectivity index (χ0v) is 13.6. The summed E-state index contributed by atoms with van der Waals surface area (Å²) in [6, 6.07) is 11.5. The monoisotopic (exact) mass is 313 g/mol. The molecule has 0 bridgehead atoms. The number of hydrogen-bond acceptors (Lipinski definition) is 4. The fourth-order valence-electron chi connectivity index (χ4n) is 3.28. The molecule has 1 aliphatic heterocycles. The summed E-state index contributed by atoms with van der Waals surface area (Å²) in [5.41, 5.74) is 1.13. The van der Waals surface area contributed by atoms with E-state index in [2.05, 4.69) is 16.8 Å². The Morgan fingerprint density at radius 3 is 2.57 bits per heavy atom. The number of nitro groups is 1. The molecule has 0 amide bonds. The zero-order valence-electron chi connectivity index (χ0n) is 13.6. The summed E-state index contributed by atoms with van der Waals surface area (Å²) in [7, 11) is 2.15. The van der Waals surface area contributed by atoms with E-state index in [1.165, 1.54) is 0 Å². The van der Waals surface area contributed by atoms with E-state index in [0.717, 1.165) is 61.9 Å². The van der Waals surface area contributed by atoms with Crippen molar-refractivity contribution in [3.05, 3.63) is 52.1 Å². The lowest BCUT2D eigenvalue weighted by Crippen LogP contribution is -2.44. The van der Waals surface area contributed by atoms with Gasteiger partial charge in [-0.25, -0.2) is 0 Å². The highest BCUT2D eigenvalue weighted by molar-refractivity contribution is 5.92. The Morgan fingerprint density at radius 2 is 1.83 bits per heavy atom. The summed E-state index contributed by atoms with van der Waals surface area (Å²) in [5.74, 6) is 0. The van der Waals surface area contributed by atoms with Crippen LogP contribution < -0.4 is 0 Å². The van der Waals surface area contributed by atoms with Gasteiger partial charge in [0.15, 0.2) is 0 Å². The third-order valence-electron chi connectivity index (χ3n) is 4.68.